The molecule has 0 unspecified atom stereocenters. The smallest absolute Gasteiger partial charge is 0.313 e. The molecular weight excluding hydrogens is 243 g/mol. The number of nitrogens with zero attached hydrogens (tertiary/aromatic N) is 3. The minimum absolute atomic E-state index is 0.0754. The molecule has 0 atom stereocenters. The van der Waals surface area contributed by atoms with Crippen LogP contribution in [0.15, 0.2) is 0 Å². The number of hydrazine groups is 1. The van der Waals surface area contributed by atoms with Gasteiger partial charge in [-0.05, 0) is 6.54 Å². The number of nitrogen functional groups attached to an aromatic ring is 1. The minimum Gasteiger partial charge on any atom is -0.313 e. The molecule has 0 radical (unpaired) electrons. The fraction of sp³-hybridized carbons (Fsp3) is 0.714. The van der Waals surface area contributed by atoms with Crippen LogP contribution in [-0.4, -0.2) is 33.8 Å². The van der Waals surface area contributed by atoms with Gasteiger partial charge in [-0.3, -0.25) is 4.90 Å². The van der Waals surface area contributed by atoms with E-state index >= 15 is 0 Å². The summed E-state index contributed by atoms with van der Waals surface area (Å²) < 4.78 is 40.2. The molecule has 0 saturated heterocycles. The first-order valence-electron chi connectivity index (χ1n) is 4.53. The van der Waals surface area contributed by atoms with Crippen molar-refractivity contribution in [3.05, 3.63) is 5.69 Å². The molecule has 0 amide bonds. The second-order valence-corrected chi connectivity index (χ2v) is 3.87. The zero-order valence-corrected chi connectivity index (χ0v) is 9.40. The maximum absolute atomic E-state index is 12.2. The predicted molar refractivity (Wildman–Crippen MR) is 54.7 cm³/mol. The molecule has 9 heteroatoms. The van der Waals surface area contributed by atoms with Crippen LogP contribution in [0.25, 0.3) is 0 Å². The zero-order valence-electron chi connectivity index (χ0n) is 8.58. The van der Waals surface area contributed by atoms with E-state index in [0.717, 1.165) is 11.5 Å². The van der Waals surface area contributed by atoms with Crippen molar-refractivity contribution in [3.63, 3.8) is 0 Å². The van der Waals surface area contributed by atoms with Crippen LogP contribution in [-0.2, 0) is 6.54 Å². The van der Waals surface area contributed by atoms with Crippen LogP contribution >= 0.6 is 11.5 Å². The Balaban J connectivity index is 2.63. The first kappa shape index (κ1) is 13.1. The van der Waals surface area contributed by atoms with Gasteiger partial charge in [0, 0.05) is 18.1 Å². The van der Waals surface area contributed by atoms with Gasteiger partial charge in [0.15, 0.2) is 0 Å². The lowest BCUT2D eigenvalue weighted by Gasteiger charge is -2.20. The van der Waals surface area contributed by atoms with Crippen molar-refractivity contribution in [1.82, 2.24) is 14.5 Å². The second-order valence-electron chi connectivity index (χ2n) is 3.11. The van der Waals surface area contributed by atoms with Crippen molar-refractivity contribution in [2.45, 2.75) is 19.6 Å². The van der Waals surface area contributed by atoms with Gasteiger partial charge in [-0.15, -0.1) is 5.10 Å². The highest BCUT2D eigenvalue weighted by molar-refractivity contribution is 7.10. The summed E-state index contributed by atoms with van der Waals surface area (Å²) in [6.45, 7) is 1.04. The Bertz CT molecular complexity index is 326. The summed E-state index contributed by atoms with van der Waals surface area (Å²) in [4.78, 5) is 1.22. The number of nitrogens with two attached hydrogens (primary N) is 1. The van der Waals surface area contributed by atoms with Gasteiger partial charge in [0.1, 0.15) is 10.7 Å². The molecule has 1 aromatic rings. The lowest BCUT2D eigenvalue weighted by molar-refractivity contribution is -0.146. The van der Waals surface area contributed by atoms with E-state index in [1.165, 1.54) is 4.90 Å². The topological polar surface area (TPSA) is 67.1 Å². The Kier molecular flexibility index (Phi) is 4.44. The quantitative estimate of drug-likeness (QED) is 0.611. The number of anilines is 1. The Morgan fingerprint density at radius 1 is 1.50 bits per heavy atom. The molecule has 5 nitrogen and oxygen atoms in total. The van der Waals surface area contributed by atoms with E-state index in [2.05, 4.69) is 15.0 Å². The minimum atomic E-state index is -4.21. The monoisotopic (exact) mass is 255 g/mol. The summed E-state index contributed by atoms with van der Waals surface area (Å²) in [6, 6.07) is 0. The van der Waals surface area contributed by atoms with Crippen LogP contribution in [0.3, 0.4) is 0 Å². The highest BCUT2D eigenvalue weighted by Gasteiger charge is 2.30. The number of hydrogen-bond acceptors (Lipinski definition) is 6. The number of aromatic nitrogens is 2. The van der Waals surface area contributed by atoms with Crippen molar-refractivity contribution in [2.24, 2.45) is 5.84 Å². The van der Waals surface area contributed by atoms with Gasteiger partial charge >= 0.3 is 6.18 Å². The van der Waals surface area contributed by atoms with Crippen LogP contribution < -0.4 is 11.3 Å². The first-order chi connectivity index (χ1) is 7.46. The molecule has 16 heavy (non-hydrogen) atoms. The van der Waals surface area contributed by atoms with Crippen LogP contribution in [0, 0.1) is 0 Å². The maximum atomic E-state index is 12.2. The highest BCUT2D eigenvalue weighted by atomic mass is 32.1. The normalized spacial score (nSPS) is 12.1. The van der Waals surface area contributed by atoms with Gasteiger partial charge < -0.3 is 5.43 Å². The van der Waals surface area contributed by atoms with E-state index in [0.29, 0.717) is 10.7 Å². The van der Waals surface area contributed by atoms with Crippen LogP contribution in [0.5, 0.6) is 0 Å². The van der Waals surface area contributed by atoms with Crippen LogP contribution in [0.1, 0.15) is 12.6 Å². The number of rotatable bonds is 5. The molecule has 0 aliphatic carbocycles. The van der Waals surface area contributed by atoms with Crippen LogP contribution in [0.4, 0.5) is 18.2 Å². The third kappa shape index (κ3) is 3.91. The zero-order chi connectivity index (χ0) is 12.2. The Labute approximate surface area is 94.6 Å². The summed E-state index contributed by atoms with van der Waals surface area (Å²) in [6.07, 6.45) is -4.21. The van der Waals surface area contributed by atoms with E-state index < -0.39 is 12.7 Å². The van der Waals surface area contributed by atoms with Crippen molar-refractivity contribution < 1.29 is 13.2 Å². The molecular formula is C7H12F3N5S. The van der Waals surface area contributed by atoms with Gasteiger partial charge in [-0.25, -0.2) is 5.84 Å². The molecule has 1 heterocycles. The predicted octanol–water partition coefficient (Wildman–Crippen LogP) is 1.21. The molecule has 0 aliphatic rings. The lowest BCUT2D eigenvalue weighted by Crippen LogP contribution is -2.34. The molecule has 0 bridgehead atoms. The fourth-order valence-corrected chi connectivity index (χ4v) is 1.65. The molecule has 0 aliphatic heterocycles. The third-order valence-electron chi connectivity index (χ3n) is 1.91. The molecule has 1 aromatic heterocycles. The number of alkyl halides is 3. The van der Waals surface area contributed by atoms with Crippen molar-refractivity contribution in [3.8, 4) is 0 Å². The summed E-state index contributed by atoms with van der Waals surface area (Å²) in [5, 5.41) is 4.21. The van der Waals surface area contributed by atoms with E-state index in [1.807, 2.05) is 0 Å². The Morgan fingerprint density at radius 3 is 2.69 bits per heavy atom. The largest absolute Gasteiger partial charge is 0.401 e. The Morgan fingerprint density at radius 2 is 2.19 bits per heavy atom. The van der Waals surface area contributed by atoms with Gasteiger partial charge in [0.25, 0.3) is 0 Å². The van der Waals surface area contributed by atoms with E-state index in [1.54, 1.807) is 6.92 Å². The first-order valence-corrected chi connectivity index (χ1v) is 5.30. The molecule has 0 aromatic carbocycles. The van der Waals surface area contributed by atoms with Crippen molar-refractivity contribution in [1.29, 1.82) is 0 Å². The standard InChI is InChI=1S/C7H12F3N5S/c1-2-15(4-7(8,9)10)3-5-6(12-11)16-14-13-5/h12H,2-4,11H2,1H3. The van der Waals surface area contributed by atoms with Crippen LogP contribution in [0.2, 0.25) is 0 Å². The van der Waals surface area contributed by atoms with Gasteiger partial charge in [0.05, 0.1) is 6.54 Å². The highest BCUT2D eigenvalue weighted by Crippen LogP contribution is 2.21. The van der Waals surface area contributed by atoms with E-state index in [9.17, 15) is 13.2 Å². The molecule has 0 spiro atoms. The summed E-state index contributed by atoms with van der Waals surface area (Å²) in [5.74, 6) is 5.18. The van der Waals surface area contributed by atoms with E-state index in [4.69, 9.17) is 5.84 Å². The van der Waals surface area contributed by atoms with Crippen molar-refractivity contribution >= 4 is 16.5 Å². The average Bonchev–Trinajstić information content (AvgIpc) is 2.62. The average molecular weight is 255 g/mol. The van der Waals surface area contributed by atoms with Gasteiger partial charge in [0.2, 0.25) is 0 Å². The number of halogens is 3. The summed E-state index contributed by atoms with van der Waals surface area (Å²) in [7, 11) is 0. The number of nitrogens with one attached hydrogen (secondary N) is 1. The van der Waals surface area contributed by atoms with Crippen molar-refractivity contribution in [2.75, 3.05) is 18.5 Å². The van der Waals surface area contributed by atoms with E-state index in [-0.39, 0.29) is 13.1 Å². The maximum Gasteiger partial charge on any atom is 0.401 e. The summed E-state index contributed by atoms with van der Waals surface area (Å²) in [5.41, 5.74) is 2.78. The molecule has 0 fully saturated rings. The second kappa shape index (κ2) is 5.41. The molecule has 92 valence electrons. The third-order valence-corrected chi connectivity index (χ3v) is 2.61. The van der Waals surface area contributed by atoms with Gasteiger partial charge in [-0.2, -0.15) is 13.2 Å². The molecule has 0 saturated carbocycles. The summed E-state index contributed by atoms with van der Waals surface area (Å²) >= 11 is 1.01. The SMILES string of the molecule is CCN(Cc1nnsc1NN)CC(F)(F)F. The fourth-order valence-electron chi connectivity index (χ4n) is 1.17. The lowest BCUT2D eigenvalue weighted by atomic mass is 10.4. The Hall–Kier alpha value is -0.930. The molecule has 3 N–H and O–H groups in total. The van der Waals surface area contributed by atoms with Gasteiger partial charge in [-0.1, -0.05) is 11.4 Å². The number of hydrogen-bond donors (Lipinski definition) is 2. The molecule has 1 rings (SSSR count).